The second-order valence-corrected chi connectivity index (χ2v) is 6.00. The maximum Gasteiger partial charge on any atom is 0.259 e. The number of carbonyl (C=O) groups is 1. The fraction of sp³-hybridized carbons (Fsp3) is 0.111. The summed E-state index contributed by atoms with van der Waals surface area (Å²) in [7, 11) is 1.54. The fourth-order valence-electron chi connectivity index (χ4n) is 2.02. The number of carbonyl (C=O) groups excluding carboxylic acids is 1. The molecule has 0 aromatic heterocycles. The van der Waals surface area contributed by atoms with Crippen LogP contribution in [0.15, 0.2) is 48.0 Å². The number of nitriles is 1. The van der Waals surface area contributed by atoms with Gasteiger partial charge in [0.1, 0.15) is 18.2 Å². The zero-order valence-electron chi connectivity index (χ0n) is 13.0. The van der Waals surface area contributed by atoms with E-state index in [2.05, 4.69) is 22.6 Å². The molecule has 122 valence electrons. The van der Waals surface area contributed by atoms with E-state index >= 15 is 0 Å². The molecule has 0 unspecified atom stereocenters. The van der Waals surface area contributed by atoms with Gasteiger partial charge in [-0.05, 0) is 51.9 Å². The van der Waals surface area contributed by atoms with Crippen LogP contribution >= 0.6 is 22.6 Å². The molecule has 0 fully saturated rings. The Hall–Kier alpha value is -2.53. The van der Waals surface area contributed by atoms with Gasteiger partial charge in [-0.25, -0.2) is 0 Å². The van der Waals surface area contributed by atoms with Crippen LogP contribution in [0.3, 0.4) is 0 Å². The fourth-order valence-corrected chi connectivity index (χ4v) is 2.80. The number of rotatable bonds is 6. The van der Waals surface area contributed by atoms with Gasteiger partial charge in [-0.2, -0.15) is 5.26 Å². The number of nitrogens with two attached hydrogens (primary N) is 1. The van der Waals surface area contributed by atoms with Crippen LogP contribution in [0.4, 0.5) is 0 Å². The number of halogens is 1. The van der Waals surface area contributed by atoms with Gasteiger partial charge in [0.05, 0.1) is 10.7 Å². The summed E-state index contributed by atoms with van der Waals surface area (Å²) in [6.07, 6.45) is 1.42. The molecule has 6 heteroatoms. The van der Waals surface area contributed by atoms with Crippen molar-refractivity contribution < 1.29 is 14.3 Å². The predicted molar refractivity (Wildman–Crippen MR) is 99.3 cm³/mol. The van der Waals surface area contributed by atoms with E-state index in [4.69, 9.17) is 20.5 Å². The van der Waals surface area contributed by atoms with Crippen molar-refractivity contribution in [2.75, 3.05) is 7.11 Å². The lowest BCUT2D eigenvalue weighted by Gasteiger charge is -2.13. The highest BCUT2D eigenvalue weighted by atomic mass is 127. The van der Waals surface area contributed by atoms with Gasteiger partial charge in [-0.3, -0.25) is 4.79 Å². The van der Waals surface area contributed by atoms with Crippen LogP contribution < -0.4 is 15.2 Å². The first-order chi connectivity index (χ1) is 11.5. The summed E-state index contributed by atoms with van der Waals surface area (Å²) >= 11 is 2.12. The summed E-state index contributed by atoms with van der Waals surface area (Å²) in [5.74, 6) is 0.360. The van der Waals surface area contributed by atoms with Crippen molar-refractivity contribution in [3.05, 3.63) is 62.7 Å². The Kier molecular flexibility index (Phi) is 6.21. The normalized spacial score (nSPS) is 10.8. The zero-order chi connectivity index (χ0) is 17.5. The summed E-state index contributed by atoms with van der Waals surface area (Å²) in [5, 5.41) is 8.94. The molecule has 2 N–H and O–H groups in total. The van der Waals surface area contributed by atoms with E-state index < -0.39 is 5.91 Å². The Morgan fingerprint density at radius 1 is 1.33 bits per heavy atom. The molecule has 1 amide bonds. The topological polar surface area (TPSA) is 85.3 Å². The number of ether oxygens (including phenoxy) is 2. The monoisotopic (exact) mass is 434 g/mol. The average molecular weight is 434 g/mol. The first-order valence-electron chi connectivity index (χ1n) is 7.01. The molecule has 0 aliphatic heterocycles. The maximum absolute atomic E-state index is 11.2. The average Bonchev–Trinajstić information content (AvgIpc) is 2.58. The lowest BCUT2D eigenvalue weighted by Crippen LogP contribution is -2.12. The van der Waals surface area contributed by atoms with Crippen LogP contribution in [0.5, 0.6) is 11.5 Å². The van der Waals surface area contributed by atoms with Crippen molar-refractivity contribution >= 4 is 34.6 Å². The summed E-state index contributed by atoms with van der Waals surface area (Å²) in [4.78, 5) is 11.2. The van der Waals surface area contributed by atoms with Crippen LogP contribution in [-0.4, -0.2) is 13.0 Å². The van der Waals surface area contributed by atoms with Gasteiger partial charge < -0.3 is 15.2 Å². The molecule has 0 saturated carbocycles. The smallest absolute Gasteiger partial charge is 0.259 e. The highest BCUT2D eigenvalue weighted by Gasteiger charge is 2.12. The van der Waals surface area contributed by atoms with E-state index in [0.29, 0.717) is 23.7 Å². The third-order valence-electron chi connectivity index (χ3n) is 3.17. The van der Waals surface area contributed by atoms with Crippen molar-refractivity contribution in [3.8, 4) is 17.6 Å². The van der Waals surface area contributed by atoms with E-state index in [1.807, 2.05) is 30.3 Å². The molecule has 0 saturated heterocycles. The zero-order valence-corrected chi connectivity index (χ0v) is 15.1. The molecule has 2 aromatic carbocycles. The molecule has 0 aliphatic rings. The Morgan fingerprint density at radius 2 is 2.04 bits per heavy atom. The summed E-state index contributed by atoms with van der Waals surface area (Å²) in [5.41, 5.74) is 6.72. The minimum absolute atomic E-state index is 0.120. The largest absolute Gasteiger partial charge is 0.493 e. The van der Waals surface area contributed by atoms with Gasteiger partial charge in [0.15, 0.2) is 11.5 Å². The minimum atomic E-state index is -0.768. The second kappa shape index (κ2) is 8.36. The van der Waals surface area contributed by atoms with Crippen LogP contribution in [-0.2, 0) is 11.4 Å². The number of methoxy groups -OCH3 is 1. The Labute approximate surface area is 153 Å². The Balaban J connectivity index is 2.31. The van der Waals surface area contributed by atoms with E-state index in [1.165, 1.54) is 13.2 Å². The van der Waals surface area contributed by atoms with Crippen LogP contribution in [0.1, 0.15) is 11.1 Å². The number of hydrogen-bond donors (Lipinski definition) is 1. The molecule has 0 aliphatic carbocycles. The van der Waals surface area contributed by atoms with Gasteiger partial charge in [0, 0.05) is 0 Å². The van der Waals surface area contributed by atoms with E-state index in [1.54, 1.807) is 18.2 Å². The lowest BCUT2D eigenvalue weighted by atomic mass is 10.1. The van der Waals surface area contributed by atoms with Crippen molar-refractivity contribution in [1.82, 2.24) is 0 Å². The van der Waals surface area contributed by atoms with E-state index in [9.17, 15) is 4.79 Å². The standard InChI is InChI=1S/C18H15IN2O3/c1-23-16-9-13(7-14(10-20)18(21)22)8-15(19)17(16)24-11-12-5-3-2-4-6-12/h2-9H,11H2,1H3,(H2,21,22). The van der Waals surface area contributed by atoms with Crippen LogP contribution in [0.2, 0.25) is 0 Å². The summed E-state index contributed by atoms with van der Waals surface area (Å²) in [6, 6.07) is 15.1. The Bertz CT molecular complexity index is 811. The van der Waals surface area contributed by atoms with E-state index in [0.717, 1.165) is 9.13 Å². The highest BCUT2D eigenvalue weighted by Crippen LogP contribution is 2.35. The third kappa shape index (κ3) is 4.49. The van der Waals surface area contributed by atoms with Gasteiger partial charge in [-0.15, -0.1) is 0 Å². The first kappa shape index (κ1) is 17.8. The predicted octanol–water partition coefficient (Wildman–Crippen LogP) is 3.27. The van der Waals surface area contributed by atoms with Gasteiger partial charge >= 0.3 is 0 Å². The molecule has 0 radical (unpaired) electrons. The molecule has 0 heterocycles. The maximum atomic E-state index is 11.2. The number of primary amides is 1. The van der Waals surface area contributed by atoms with Crippen molar-refractivity contribution in [2.24, 2.45) is 5.73 Å². The van der Waals surface area contributed by atoms with Gasteiger partial charge in [-0.1, -0.05) is 30.3 Å². The minimum Gasteiger partial charge on any atom is -0.493 e. The number of hydrogen-bond acceptors (Lipinski definition) is 4. The van der Waals surface area contributed by atoms with Crippen LogP contribution in [0, 0.1) is 14.9 Å². The quantitative estimate of drug-likeness (QED) is 0.430. The summed E-state index contributed by atoms with van der Waals surface area (Å²) in [6.45, 7) is 0.410. The van der Waals surface area contributed by atoms with Gasteiger partial charge in [0.25, 0.3) is 5.91 Å². The highest BCUT2D eigenvalue weighted by molar-refractivity contribution is 14.1. The SMILES string of the molecule is COc1cc(C=C(C#N)C(N)=O)cc(I)c1OCc1ccccc1. The molecular formula is C18H15IN2O3. The van der Waals surface area contributed by atoms with Crippen molar-refractivity contribution in [3.63, 3.8) is 0 Å². The molecule has 2 aromatic rings. The number of benzene rings is 2. The number of amides is 1. The molecular weight excluding hydrogens is 419 g/mol. The van der Waals surface area contributed by atoms with Crippen LogP contribution in [0.25, 0.3) is 6.08 Å². The second-order valence-electron chi connectivity index (χ2n) is 4.84. The molecule has 0 atom stereocenters. The molecule has 5 nitrogen and oxygen atoms in total. The lowest BCUT2D eigenvalue weighted by molar-refractivity contribution is -0.114. The van der Waals surface area contributed by atoms with Gasteiger partial charge in [0.2, 0.25) is 0 Å². The molecule has 0 spiro atoms. The number of nitrogens with zero attached hydrogens (tertiary/aromatic N) is 1. The Morgan fingerprint density at radius 3 is 2.62 bits per heavy atom. The first-order valence-corrected chi connectivity index (χ1v) is 8.09. The molecule has 0 bridgehead atoms. The van der Waals surface area contributed by atoms with Crippen molar-refractivity contribution in [2.45, 2.75) is 6.61 Å². The van der Waals surface area contributed by atoms with Crippen molar-refractivity contribution in [1.29, 1.82) is 5.26 Å². The molecule has 2 rings (SSSR count). The summed E-state index contributed by atoms with van der Waals surface area (Å²) < 4.78 is 12.0. The third-order valence-corrected chi connectivity index (χ3v) is 3.98. The molecule has 24 heavy (non-hydrogen) atoms. The van der Waals surface area contributed by atoms with E-state index in [-0.39, 0.29) is 5.57 Å².